The minimum absolute atomic E-state index is 0.0113. The van der Waals surface area contributed by atoms with Crippen molar-refractivity contribution >= 4 is 17.2 Å². The third kappa shape index (κ3) is 2.45. The highest BCUT2D eigenvalue weighted by molar-refractivity contribution is 6.33. The van der Waals surface area contributed by atoms with E-state index in [4.69, 9.17) is 11.6 Å². The molecular weight excluding hydrogens is 347 g/mol. The van der Waals surface area contributed by atoms with Gasteiger partial charge < -0.3 is 10.1 Å². The van der Waals surface area contributed by atoms with E-state index in [1.807, 2.05) is 0 Å². The molecule has 25 heavy (non-hydrogen) atoms. The Balaban J connectivity index is 1.99. The maximum absolute atomic E-state index is 13.3. The van der Waals surface area contributed by atoms with E-state index in [0.717, 1.165) is 12.1 Å². The zero-order valence-electron chi connectivity index (χ0n) is 12.6. The summed E-state index contributed by atoms with van der Waals surface area (Å²) in [6.07, 6.45) is 3.10. The van der Waals surface area contributed by atoms with Crippen LogP contribution < -0.4 is 5.56 Å². The molecule has 2 N–H and O–H groups in total. The van der Waals surface area contributed by atoms with E-state index in [1.165, 1.54) is 16.8 Å². The molecule has 0 aliphatic rings. The first kappa shape index (κ1) is 15.3. The number of fused-ring (bicyclic) bond motifs is 1. The standard InChI is InChI=1S/C17H10ClFN4O2/c18-12-7-9(19)4-5-10(12)14-16(24)22-15-11(8-21-23(15)17(14)25)13-3-1-2-6-20-13/h1-8,25H,(H,22,24). The van der Waals surface area contributed by atoms with Gasteiger partial charge in [-0.3, -0.25) is 9.78 Å². The number of hydrogen-bond acceptors (Lipinski definition) is 4. The van der Waals surface area contributed by atoms with E-state index in [-0.39, 0.29) is 16.1 Å². The Labute approximate surface area is 145 Å². The number of nitrogens with one attached hydrogen (secondary N) is 1. The van der Waals surface area contributed by atoms with Crippen LogP contribution in [0.3, 0.4) is 0 Å². The van der Waals surface area contributed by atoms with Crippen LogP contribution in [0.15, 0.2) is 53.6 Å². The van der Waals surface area contributed by atoms with Crippen LogP contribution in [0, 0.1) is 5.82 Å². The minimum Gasteiger partial charge on any atom is -0.493 e. The van der Waals surface area contributed by atoms with E-state index in [2.05, 4.69) is 15.1 Å². The summed E-state index contributed by atoms with van der Waals surface area (Å²) in [5.74, 6) is -0.934. The normalized spacial score (nSPS) is 11.1. The molecule has 0 aliphatic heterocycles. The number of aromatic hydroxyl groups is 1. The Bertz CT molecular complexity index is 1150. The summed E-state index contributed by atoms with van der Waals surface area (Å²) in [5.41, 5.74) is 0.996. The van der Waals surface area contributed by atoms with Gasteiger partial charge >= 0.3 is 0 Å². The first-order valence-corrected chi connectivity index (χ1v) is 7.64. The lowest BCUT2D eigenvalue weighted by atomic mass is 10.1. The molecule has 8 heteroatoms. The number of aromatic nitrogens is 4. The molecule has 124 valence electrons. The van der Waals surface area contributed by atoms with Crippen molar-refractivity contribution in [2.24, 2.45) is 0 Å². The SMILES string of the molecule is O=c1[nH]c2c(-c3ccccn3)cnn2c(O)c1-c1ccc(F)cc1Cl. The topological polar surface area (TPSA) is 83.3 Å². The first-order chi connectivity index (χ1) is 12.1. The van der Waals surface area contributed by atoms with E-state index < -0.39 is 17.3 Å². The summed E-state index contributed by atoms with van der Waals surface area (Å²) >= 11 is 6.02. The first-order valence-electron chi connectivity index (χ1n) is 7.26. The molecule has 6 nitrogen and oxygen atoms in total. The third-order valence-electron chi connectivity index (χ3n) is 3.79. The van der Waals surface area contributed by atoms with Gasteiger partial charge in [0.1, 0.15) is 17.0 Å². The maximum atomic E-state index is 13.3. The summed E-state index contributed by atoms with van der Waals surface area (Å²) < 4.78 is 14.4. The van der Waals surface area contributed by atoms with Crippen LogP contribution in [0.25, 0.3) is 28.0 Å². The molecule has 0 spiro atoms. The van der Waals surface area contributed by atoms with Crippen LogP contribution in [-0.4, -0.2) is 24.7 Å². The predicted molar refractivity (Wildman–Crippen MR) is 91.1 cm³/mol. The lowest BCUT2D eigenvalue weighted by Crippen LogP contribution is -2.13. The summed E-state index contributed by atoms with van der Waals surface area (Å²) in [4.78, 5) is 19.4. The number of benzene rings is 1. The van der Waals surface area contributed by atoms with Crippen LogP contribution in [0.1, 0.15) is 0 Å². The highest BCUT2D eigenvalue weighted by Gasteiger charge is 2.20. The van der Waals surface area contributed by atoms with Gasteiger partial charge in [0.25, 0.3) is 5.56 Å². The molecule has 3 aromatic heterocycles. The molecule has 0 bridgehead atoms. The molecule has 0 radical (unpaired) electrons. The largest absolute Gasteiger partial charge is 0.493 e. The van der Waals surface area contributed by atoms with Crippen molar-refractivity contribution < 1.29 is 9.50 Å². The van der Waals surface area contributed by atoms with Crippen molar-refractivity contribution in [3.63, 3.8) is 0 Å². The zero-order valence-corrected chi connectivity index (χ0v) is 13.3. The van der Waals surface area contributed by atoms with Crippen molar-refractivity contribution in [2.75, 3.05) is 0 Å². The van der Waals surface area contributed by atoms with E-state index >= 15 is 0 Å². The van der Waals surface area contributed by atoms with E-state index in [0.29, 0.717) is 16.9 Å². The molecule has 4 aromatic rings. The summed E-state index contributed by atoms with van der Waals surface area (Å²) in [6.45, 7) is 0. The fourth-order valence-corrected chi connectivity index (χ4v) is 2.91. The van der Waals surface area contributed by atoms with Gasteiger partial charge in [-0.25, -0.2) is 4.39 Å². The number of rotatable bonds is 2. The van der Waals surface area contributed by atoms with Crippen molar-refractivity contribution in [3.05, 3.63) is 70.0 Å². The van der Waals surface area contributed by atoms with Crippen molar-refractivity contribution in [1.82, 2.24) is 19.6 Å². The molecule has 0 saturated heterocycles. The van der Waals surface area contributed by atoms with Gasteiger partial charge in [-0.05, 0) is 30.3 Å². The van der Waals surface area contributed by atoms with Crippen LogP contribution in [0.5, 0.6) is 5.88 Å². The van der Waals surface area contributed by atoms with Gasteiger partial charge in [0.05, 0.1) is 22.5 Å². The Hall–Kier alpha value is -3.19. The third-order valence-corrected chi connectivity index (χ3v) is 4.11. The molecule has 4 rings (SSSR count). The number of pyridine rings is 1. The van der Waals surface area contributed by atoms with Crippen molar-refractivity contribution in [1.29, 1.82) is 0 Å². The maximum Gasteiger partial charge on any atom is 0.262 e. The van der Waals surface area contributed by atoms with Crippen LogP contribution in [0.2, 0.25) is 5.02 Å². The summed E-state index contributed by atoms with van der Waals surface area (Å²) in [6, 6.07) is 8.89. The Kier molecular flexibility index (Phi) is 3.51. The predicted octanol–water partition coefficient (Wildman–Crippen LogP) is 3.25. The molecule has 0 fully saturated rings. The molecule has 1 aromatic carbocycles. The molecule has 0 amide bonds. The van der Waals surface area contributed by atoms with Crippen LogP contribution >= 0.6 is 11.6 Å². The fourth-order valence-electron chi connectivity index (χ4n) is 2.65. The summed E-state index contributed by atoms with van der Waals surface area (Å²) in [7, 11) is 0. The Morgan fingerprint density at radius 3 is 2.76 bits per heavy atom. The van der Waals surface area contributed by atoms with E-state index in [9.17, 15) is 14.3 Å². The van der Waals surface area contributed by atoms with Crippen molar-refractivity contribution in [3.8, 4) is 28.3 Å². The second kappa shape index (κ2) is 5.71. The number of halogens is 2. The minimum atomic E-state index is -0.573. The van der Waals surface area contributed by atoms with Gasteiger partial charge in [-0.2, -0.15) is 9.61 Å². The van der Waals surface area contributed by atoms with Gasteiger partial charge in [0.2, 0.25) is 5.88 Å². The highest BCUT2D eigenvalue weighted by Crippen LogP contribution is 2.33. The average molecular weight is 357 g/mol. The molecule has 0 unspecified atom stereocenters. The number of nitrogens with zero attached hydrogens (tertiary/aromatic N) is 3. The van der Waals surface area contributed by atoms with Crippen molar-refractivity contribution in [2.45, 2.75) is 0 Å². The van der Waals surface area contributed by atoms with E-state index in [1.54, 1.807) is 24.4 Å². The average Bonchev–Trinajstić information content (AvgIpc) is 3.01. The lowest BCUT2D eigenvalue weighted by molar-refractivity contribution is 0.437. The molecule has 0 aliphatic carbocycles. The van der Waals surface area contributed by atoms with Gasteiger partial charge in [-0.1, -0.05) is 17.7 Å². The Morgan fingerprint density at radius 1 is 1.20 bits per heavy atom. The summed E-state index contributed by atoms with van der Waals surface area (Å²) in [5, 5.41) is 14.7. The fraction of sp³-hybridized carbons (Fsp3) is 0. The van der Waals surface area contributed by atoms with Crippen LogP contribution in [0.4, 0.5) is 4.39 Å². The zero-order chi connectivity index (χ0) is 17.6. The van der Waals surface area contributed by atoms with Gasteiger partial charge in [-0.15, -0.1) is 0 Å². The number of H-pyrrole nitrogens is 1. The van der Waals surface area contributed by atoms with Gasteiger partial charge in [0, 0.05) is 11.8 Å². The Morgan fingerprint density at radius 2 is 2.04 bits per heavy atom. The lowest BCUT2D eigenvalue weighted by Gasteiger charge is -2.08. The molecular formula is C17H10ClFN4O2. The highest BCUT2D eigenvalue weighted by atomic mass is 35.5. The second-order valence-corrected chi connectivity index (χ2v) is 5.72. The smallest absolute Gasteiger partial charge is 0.262 e. The molecule has 0 atom stereocenters. The van der Waals surface area contributed by atoms with Crippen LogP contribution in [-0.2, 0) is 0 Å². The quantitative estimate of drug-likeness (QED) is 0.577. The molecule has 3 heterocycles. The van der Waals surface area contributed by atoms with Gasteiger partial charge in [0.15, 0.2) is 0 Å². The number of hydrogen-bond donors (Lipinski definition) is 2. The molecule has 0 saturated carbocycles. The number of aromatic amines is 1. The monoisotopic (exact) mass is 356 g/mol. The second-order valence-electron chi connectivity index (χ2n) is 5.31.